The zero-order valence-electron chi connectivity index (χ0n) is 16.9. The molecule has 0 N–H and O–H groups in total. The Morgan fingerprint density at radius 1 is 1.33 bits per heavy atom. The second kappa shape index (κ2) is 9.59. The highest BCUT2D eigenvalue weighted by Gasteiger charge is 2.36. The fourth-order valence-corrected chi connectivity index (χ4v) is 3.67. The molecule has 0 amide bonds. The maximum atomic E-state index is 6.05. The van der Waals surface area contributed by atoms with Gasteiger partial charge in [-0.25, -0.2) is 0 Å². The molecule has 0 aliphatic carbocycles. The second-order valence-electron chi connectivity index (χ2n) is 6.92. The van der Waals surface area contributed by atoms with Crippen molar-refractivity contribution in [3.05, 3.63) is 24.0 Å². The molecule has 0 radical (unpaired) electrons. The van der Waals surface area contributed by atoms with E-state index in [4.69, 9.17) is 9.47 Å². The highest BCUT2D eigenvalue weighted by Crippen LogP contribution is 2.36. The molecule has 0 aromatic carbocycles. The van der Waals surface area contributed by atoms with Gasteiger partial charge in [-0.15, -0.1) is 0 Å². The Kier molecular flexibility index (Phi) is 8.48. The smallest absolute Gasteiger partial charge is 0.0902 e. The second-order valence-corrected chi connectivity index (χ2v) is 6.92. The monoisotopic (exact) mass is 338 g/mol. The third kappa shape index (κ3) is 4.41. The molecule has 0 aromatic rings. The normalized spacial score (nSPS) is 22.3. The summed E-state index contributed by atoms with van der Waals surface area (Å²) in [6.07, 6.45) is 3.03. The first-order valence-electron chi connectivity index (χ1n) is 9.34. The van der Waals surface area contributed by atoms with Crippen molar-refractivity contribution in [2.24, 2.45) is 5.92 Å². The number of ether oxygens (including phenoxy) is 2. The summed E-state index contributed by atoms with van der Waals surface area (Å²) in [6.45, 7) is 21.9. The lowest BCUT2D eigenvalue weighted by Crippen LogP contribution is -2.48. The Morgan fingerprint density at radius 2 is 1.92 bits per heavy atom. The van der Waals surface area contributed by atoms with Crippen LogP contribution in [0.2, 0.25) is 0 Å². The summed E-state index contributed by atoms with van der Waals surface area (Å²) in [4.78, 5) is 4.77. The predicted molar refractivity (Wildman–Crippen MR) is 102 cm³/mol. The van der Waals surface area contributed by atoms with Gasteiger partial charge in [0.15, 0.2) is 0 Å². The van der Waals surface area contributed by atoms with E-state index < -0.39 is 0 Å². The van der Waals surface area contributed by atoms with Crippen molar-refractivity contribution in [1.29, 1.82) is 0 Å². The Balaban J connectivity index is 3.35. The minimum Gasteiger partial charge on any atom is -0.379 e. The number of hydrogen-bond acceptors (Lipinski definition) is 4. The predicted octanol–water partition coefficient (Wildman–Crippen LogP) is 3.90. The van der Waals surface area contributed by atoms with Gasteiger partial charge in [0, 0.05) is 38.5 Å². The van der Waals surface area contributed by atoms with Crippen molar-refractivity contribution in [1.82, 2.24) is 9.80 Å². The minimum atomic E-state index is -0.277. The van der Waals surface area contributed by atoms with Crippen LogP contribution in [0.15, 0.2) is 24.0 Å². The fourth-order valence-electron chi connectivity index (χ4n) is 3.67. The molecule has 1 aliphatic rings. The lowest BCUT2D eigenvalue weighted by molar-refractivity contribution is -0.0126. The van der Waals surface area contributed by atoms with Crippen LogP contribution in [0.4, 0.5) is 0 Å². The molecule has 1 saturated heterocycles. The molecular weight excluding hydrogens is 300 g/mol. The zero-order valence-corrected chi connectivity index (χ0v) is 16.9. The molecule has 1 fully saturated rings. The first-order chi connectivity index (χ1) is 11.4. The number of methoxy groups -OCH3 is 1. The van der Waals surface area contributed by atoms with Crippen molar-refractivity contribution >= 4 is 0 Å². The van der Waals surface area contributed by atoms with Crippen LogP contribution in [0.5, 0.6) is 0 Å². The van der Waals surface area contributed by atoms with E-state index in [0.717, 1.165) is 39.3 Å². The minimum absolute atomic E-state index is 0.277. The summed E-state index contributed by atoms with van der Waals surface area (Å²) >= 11 is 0. The summed E-state index contributed by atoms with van der Waals surface area (Å²) in [5.41, 5.74) is 2.35. The van der Waals surface area contributed by atoms with E-state index in [-0.39, 0.29) is 5.60 Å². The topological polar surface area (TPSA) is 24.9 Å². The number of hydrogen-bond donors (Lipinski definition) is 0. The van der Waals surface area contributed by atoms with E-state index in [2.05, 4.69) is 57.9 Å². The van der Waals surface area contributed by atoms with Gasteiger partial charge in [0.1, 0.15) is 0 Å². The fraction of sp³-hybridized carbons (Fsp3) is 0.800. The van der Waals surface area contributed by atoms with Gasteiger partial charge in [-0.2, -0.15) is 0 Å². The van der Waals surface area contributed by atoms with Crippen LogP contribution in [0.1, 0.15) is 48.0 Å². The SMILES string of the molecule is C=CN(CC)/C(=C(/C)C(C)(OC)[C@@H](C)CC)C(C)N1CCOCC1. The Bertz CT molecular complexity index is 429. The summed E-state index contributed by atoms with van der Waals surface area (Å²) in [5, 5.41) is 0. The van der Waals surface area contributed by atoms with Crippen molar-refractivity contribution in [3.8, 4) is 0 Å². The molecule has 1 aliphatic heterocycles. The Morgan fingerprint density at radius 3 is 2.33 bits per heavy atom. The van der Waals surface area contributed by atoms with Crippen molar-refractivity contribution < 1.29 is 9.47 Å². The maximum absolute atomic E-state index is 6.05. The molecular formula is C20H38N2O2. The van der Waals surface area contributed by atoms with Gasteiger partial charge in [-0.3, -0.25) is 4.90 Å². The van der Waals surface area contributed by atoms with Crippen LogP contribution in [0.3, 0.4) is 0 Å². The molecule has 0 saturated carbocycles. The summed E-state index contributed by atoms with van der Waals surface area (Å²) in [7, 11) is 1.83. The third-order valence-electron chi connectivity index (χ3n) is 5.97. The van der Waals surface area contributed by atoms with Crippen molar-refractivity contribution in [3.63, 3.8) is 0 Å². The highest BCUT2D eigenvalue weighted by atomic mass is 16.5. The lowest BCUT2D eigenvalue weighted by atomic mass is 9.80. The highest BCUT2D eigenvalue weighted by molar-refractivity contribution is 5.27. The average molecular weight is 339 g/mol. The van der Waals surface area contributed by atoms with Crippen LogP contribution in [0, 0.1) is 5.92 Å². The van der Waals surface area contributed by atoms with Crippen LogP contribution in [-0.4, -0.2) is 61.4 Å². The molecule has 0 spiro atoms. The van der Waals surface area contributed by atoms with E-state index >= 15 is 0 Å². The Labute approximate surface area is 149 Å². The van der Waals surface area contributed by atoms with Crippen molar-refractivity contribution in [2.75, 3.05) is 40.0 Å². The molecule has 0 bridgehead atoms. The molecule has 140 valence electrons. The van der Waals surface area contributed by atoms with Crippen LogP contribution >= 0.6 is 0 Å². The van der Waals surface area contributed by atoms with Gasteiger partial charge >= 0.3 is 0 Å². The number of morpholine rings is 1. The molecule has 24 heavy (non-hydrogen) atoms. The number of rotatable bonds is 9. The molecule has 4 nitrogen and oxygen atoms in total. The lowest BCUT2D eigenvalue weighted by Gasteiger charge is -2.43. The summed E-state index contributed by atoms with van der Waals surface area (Å²) in [6, 6.07) is 0.311. The van der Waals surface area contributed by atoms with Crippen LogP contribution in [-0.2, 0) is 9.47 Å². The Hall–Kier alpha value is -0.840. The molecule has 1 rings (SSSR count). The molecule has 3 atom stereocenters. The standard InChI is InChI=1S/C20H38N2O2/c1-9-16(4)20(7,23-8)17(5)19(21(10-2)11-3)18(6)22-12-14-24-15-13-22/h10,16,18H,2,9,11-15H2,1,3-8H3/b19-17-/t16-,18?,20?/m0/s1. The van der Waals surface area contributed by atoms with Crippen LogP contribution in [0.25, 0.3) is 0 Å². The third-order valence-corrected chi connectivity index (χ3v) is 5.97. The number of likely N-dealkylation sites (N-methyl/N-ethyl adjacent to an activating group) is 1. The first kappa shape index (κ1) is 21.2. The quantitative estimate of drug-likeness (QED) is 0.636. The number of nitrogens with zero attached hydrogens (tertiary/aromatic N) is 2. The van der Waals surface area contributed by atoms with Gasteiger partial charge in [-0.1, -0.05) is 26.8 Å². The summed E-state index contributed by atoms with van der Waals surface area (Å²) in [5.74, 6) is 0.443. The van der Waals surface area contributed by atoms with Crippen LogP contribution < -0.4 is 0 Å². The zero-order chi connectivity index (χ0) is 18.3. The largest absolute Gasteiger partial charge is 0.379 e. The van der Waals surface area contributed by atoms with E-state index in [9.17, 15) is 0 Å². The van der Waals surface area contributed by atoms with Gasteiger partial charge in [-0.05, 0) is 45.4 Å². The van der Waals surface area contributed by atoms with E-state index in [1.54, 1.807) is 0 Å². The molecule has 0 aromatic heterocycles. The van der Waals surface area contributed by atoms with Gasteiger partial charge in [0.25, 0.3) is 0 Å². The van der Waals surface area contributed by atoms with Crippen molar-refractivity contribution in [2.45, 2.75) is 59.6 Å². The van der Waals surface area contributed by atoms with Gasteiger partial charge in [0.05, 0.1) is 18.8 Å². The van der Waals surface area contributed by atoms with E-state index in [1.807, 2.05) is 13.3 Å². The summed E-state index contributed by atoms with van der Waals surface area (Å²) < 4.78 is 11.6. The van der Waals surface area contributed by atoms with Gasteiger partial charge in [0.2, 0.25) is 0 Å². The molecule has 1 heterocycles. The molecule has 2 unspecified atom stereocenters. The first-order valence-corrected chi connectivity index (χ1v) is 9.34. The maximum Gasteiger partial charge on any atom is 0.0902 e. The van der Waals surface area contributed by atoms with E-state index in [1.165, 1.54) is 11.3 Å². The average Bonchev–Trinajstić information content (AvgIpc) is 2.64. The van der Waals surface area contributed by atoms with E-state index in [0.29, 0.717) is 12.0 Å². The van der Waals surface area contributed by atoms with Gasteiger partial charge < -0.3 is 14.4 Å². The molecule has 4 heteroatoms.